The number of amides is 1. The van der Waals surface area contributed by atoms with Gasteiger partial charge in [-0.05, 0) is 32.0 Å². The molecule has 0 saturated carbocycles. The van der Waals surface area contributed by atoms with Crippen molar-refractivity contribution in [3.05, 3.63) is 63.7 Å². The molecule has 0 radical (unpaired) electrons. The van der Waals surface area contributed by atoms with Crippen LogP contribution in [0.3, 0.4) is 0 Å². The molecule has 140 valence electrons. The fourth-order valence-corrected chi connectivity index (χ4v) is 2.25. The molecule has 1 atom stereocenters. The first kappa shape index (κ1) is 19.6. The summed E-state index contributed by atoms with van der Waals surface area (Å²) in [5, 5.41) is 13.3. The van der Waals surface area contributed by atoms with Gasteiger partial charge in [0.1, 0.15) is 0 Å². The summed E-state index contributed by atoms with van der Waals surface area (Å²) in [6.07, 6.45) is -1.23. The number of nitrogens with one attached hydrogen (secondary N) is 1. The zero-order valence-electron chi connectivity index (χ0n) is 14.6. The molecule has 0 heterocycles. The highest BCUT2D eigenvalue weighted by molar-refractivity contribution is 6.05. The van der Waals surface area contributed by atoms with E-state index in [0.29, 0.717) is 5.56 Å². The summed E-state index contributed by atoms with van der Waals surface area (Å²) in [6.45, 7) is 2.69. The van der Waals surface area contributed by atoms with Crippen LogP contribution in [0.2, 0.25) is 0 Å². The Balaban J connectivity index is 2.13. The Labute approximate surface area is 154 Å². The largest absolute Gasteiger partial charge is 0.449 e. The van der Waals surface area contributed by atoms with Crippen LogP contribution in [-0.4, -0.2) is 28.7 Å². The minimum absolute atomic E-state index is 0.0138. The number of non-ortho nitro benzene ring substituents is 1. The maximum absolute atomic E-state index is 12.3. The van der Waals surface area contributed by atoms with Gasteiger partial charge in [-0.25, -0.2) is 4.79 Å². The zero-order valence-corrected chi connectivity index (χ0v) is 14.6. The molecule has 0 bridgehead atoms. The Hall–Kier alpha value is -3.75. The second-order valence-corrected chi connectivity index (χ2v) is 5.67. The molecule has 0 unspecified atom stereocenters. The number of nitrogens with two attached hydrogens (primary N) is 1. The van der Waals surface area contributed by atoms with Crippen LogP contribution in [0.15, 0.2) is 42.5 Å². The molecule has 9 heteroatoms. The van der Waals surface area contributed by atoms with E-state index in [2.05, 4.69) is 5.32 Å². The number of hydrogen-bond donors (Lipinski definition) is 2. The van der Waals surface area contributed by atoms with Crippen molar-refractivity contribution in [3.8, 4) is 0 Å². The lowest BCUT2D eigenvalue weighted by molar-refractivity contribution is -0.384. The van der Waals surface area contributed by atoms with E-state index in [4.69, 9.17) is 10.5 Å². The molecule has 2 aromatic carbocycles. The Bertz CT molecular complexity index is 925. The highest BCUT2D eigenvalue weighted by Crippen LogP contribution is 2.21. The molecule has 0 saturated heterocycles. The fraction of sp³-hybridized carbons (Fsp3) is 0.167. The number of rotatable bonds is 6. The number of benzene rings is 2. The van der Waals surface area contributed by atoms with Crippen LogP contribution in [-0.2, 0) is 9.53 Å². The molecule has 0 aromatic heterocycles. The topological polar surface area (TPSA) is 142 Å². The number of carbonyl (C=O) groups excluding carboxylic acids is 3. The molecule has 0 aliphatic rings. The van der Waals surface area contributed by atoms with Crippen LogP contribution in [0.5, 0.6) is 0 Å². The van der Waals surface area contributed by atoms with Gasteiger partial charge in [0.05, 0.1) is 16.2 Å². The van der Waals surface area contributed by atoms with Gasteiger partial charge in [0, 0.05) is 23.4 Å². The summed E-state index contributed by atoms with van der Waals surface area (Å²) >= 11 is 0. The Morgan fingerprint density at radius 1 is 1.15 bits per heavy atom. The third-order valence-corrected chi connectivity index (χ3v) is 3.68. The monoisotopic (exact) mass is 371 g/mol. The second-order valence-electron chi connectivity index (χ2n) is 5.67. The van der Waals surface area contributed by atoms with Crippen molar-refractivity contribution < 1.29 is 24.0 Å². The standard InChI is InChI=1S/C18H17N3O6/c1-10(22)13-5-3-4-6-16(13)20-17(23)11(2)27-18(24)14-9-12(21(25)26)7-8-15(14)19/h3-9,11H,19H2,1-2H3,(H,20,23)/t11-/m0/s1. The highest BCUT2D eigenvalue weighted by atomic mass is 16.6. The molecular weight excluding hydrogens is 354 g/mol. The zero-order chi connectivity index (χ0) is 20.1. The number of Topliss-reactive ketones (excluding diaryl/α,β-unsaturated/α-hetero) is 1. The van der Waals surface area contributed by atoms with E-state index in [0.717, 1.165) is 12.1 Å². The molecule has 3 N–H and O–H groups in total. The van der Waals surface area contributed by atoms with Gasteiger partial charge in [-0.1, -0.05) is 12.1 Å². The number of carbonyl (C=O) groups is 3. The second kappa shape index (κ2) is 8.09. The summed E-state index contributed by atoms with van der Waals surface area (Å²) in [5.41, 5.74) is 5.70. The SMILES string of the molecule is CC(=O)c1ccccc1NC(=O)[C@H](C)OC(=O)c1cc([N+](=O)[O-])ccc1N. The van der Waals surface area contributed by atoms with Crippen molar-refractivity contribution in [3.63, 3.8) is 0 Å². The molecule has 2 rings (SSSR count). The van der Waals surface area contributed by atoms with Crippen molar-refractivity contribution in [2.24, 2.45) is 0 Å². The quantitative estimate of drug-likeness (QED) is 0.261. The van der Waals surface area contributed by atoms with E-state index in [1.165, 1.54) is 19.9 Å². The molecule has 0 aliphatic carbocycles. The van der Waals surface area contributed by atoms with E-state index in [1.54, 1.807) is 24.3 Å². The Morgan fingerprint density at radius 2 is 1.81 bits per heavy atom. The molecule has 27 heavy (non-hydrogen) atoms. The number of nitrogens with zero attached hydrogens (tertiary/aromatic N) is 1. The average Bonchev–Trinajstić information content (AvgIpc) is 2.61. The van der Waals surface area contributed by atoms with E-state index < -0.39 is 22.9 Å². The summed E-state index contributed by atoms with van der Waals surface area (Å²) in [7, 11) is 0. The molecule has 0 fully saturated rings. The number of hydrogen-bond acceptors (Lipinski definition) is 7. The van der Waals surface area contributed by atoms with Gasteiger partial charge < -0.3 is 15.8 Å². The van der Waals surface area contributed by atoms with E-state index >= 15 is 0 Å². The van der Waals surface area contributed by atoms with Crippen LogP contribution >= 0.6 is 0 Å². The minimum Gasteiger partial charge on any atom is -0.449 e. The van der Waals surface area contributed by atoms with E-state index in [9.17, 15) is 24.5 Å². The van der Waals surface area contributed by atoms with Gasteiger partial charge in [-0.15, -0.1) is 0 Å². The normalized spacial score (nSPS) is 11.3. The molecular formula is C18H17N3O6. The Morgan fingerprint density at radius 3 is 2.44 bits per heavy atom. The molecule has 2 aromatic rings. The van der Waals surface area contributed by atoms with Gasteiger partial charge in [0.2, 0.25) is 0 Å². The lowest BCUT2D eigenvalue weighted by Gasteiger charge is -2.15. The summed E-state index contributed by atoms with van der Waals surface area (Å²) < 4.78 is 5.05. The van der Waals surface area contributed by atoms with E-state index in [-0.39, 0.29) is 28.4 Å². The first-order chi connectivity index (χ1) is 12.7. The van der Waals surface area contributed by atoms with Crippen molar-refractivity contribution in [1.29, 1.82) is 0 Å². The van der Waals surface area contributed by atoms with E-state index in [1.807, 2.05) is 0 Å². The van der Waals surface area contributed by atoms with Crippen LogP contribution in [0.25, 0.3) is 0 Å². The first-order valence-electron chi connectivity index (χ1n) is 7.86. The maximum atomic E-state index is 12.3. The lowest BCUT2D eigenvalue weighted by Crippen LogP contribution is -2.30. The number of nitro benzene ring substituents is 1. The third-order valence-electron chi connectivity index (χ3n) is 3.68. The first-order valence-corrected chi connectivity index (χ1v) is 7.86. The van der Waals surface area contributed by atoms with Crippen molar-refractivity contribution >= 4 is 34.7 Å². The molecule has 1 amide bonds. The fourth-order valence-electron chi connectivity index (χ4n) is 2.25. The molecule has 0 aliphatic heterocycles. The highest BCUT2D eigenvalue weighted by Gasteiger charge is 2.23. The predicted molar refractivity (Wildman–Crippen MR) is 97.5 cm³/mol. The molecule has 9 nitrogen and oxygen atoms in total. The smallest absolute Gasteiger partial charge is 0.341 e. The number of para-hydroxylation sites is 1. The van der Waals surface area contributed by atoms with Gasteiger partial charge in [0.25, 0.3) is 11.6 Å². The van der Waals surface area contributed by atoms with Crippen LogP contribution in [0.1, 0.15) is 34.6 Å². The Kier molecular flexibility index (Phi) is 5.86. The summed E-state index contributed by atoms with van der Waals surface area (Å²) in [6, 6.07) is 9.74. The molecule has 0 spiro atoms. The maximum Gasteiger partial charge on any atom is 0.341 e. The number of nitro groups is 1. The van der Waals surface area contributed by atoms with Crippen LogP contribution in [0, 0.1) is 10.1 Å². The number of ether oxygens (including phenoxy) is 1. The van der Waals surface area contributed by atoms with Crippen molar-refractivity contribution in [2.75, 3.05) is 11.1 Å². The average molecular weight is 371 g/mol. The third kappa shape index (κ3) is 4.66. The van der Waals surface area contributed by atoms with Gasteiger partial charge in [0.15, 0.2) is 11.9 Å². The number of esters is 1. The number of ketones is 1. The van der Waals surface area contributed by atoms with Crippen LogP contribution < -0.4 is 11.1 Å². The van der Waals surface area contributed by atoms with Gasteiger partial charge >= 0.3 is 5.97 Å². The van der Waals surface area contributed by atoms with Crippen LogP contribution in [0.4, 0.5) is 17.1 Å². The lowest BCUT2D eigenvalue weighted by atomic mass is 10.1. The summed E-state index contributed by atoms with van der Waals surface area (Å²) in [4.78, 5) is 46.3. The van der Waals surface area contributed by atoms with Crippen molar-refractivity contribution in [2.45, 2.75) is 20.0 Å². The van der Waals surface area contributed by atoms with Gasteiger partial charge in [-0.2, -0.15) is 0 Å². The number of nitrogen functional groups attached to an aromatic ring is 1. The summed E-state index contributed by atoms with van der Waals surface area (Å²) in [5.74, 6) is -1.88. The predicted octanol–water partition coefficient (Wildman–Crippen LogP) is 2.56. The van der Waals surface area contributed by atoms with Gasteiger partial charge in [-0.3, -0.25) is 19.7 Å². The number of anilines is 2. The van der Waals surface area contributed by atoms with Crippen molar-refractivity contribution in [1.82, 2.24) is 0 Å². The minimum atomic E-state index is -1.23.